The van der Waals surface area contributed by atoms with Gasteiger partial charge in [-0.05, 0) is 48.0 Å². The van der Waals surface area contributed by atoms with Gasteiger partial charge in [0.15, 0.2) is 6.61 Å². The molecule has 0 aliphatic heterocycles. The molecule has 0 aliphatic carbocycles. The van der Waals surface area contributed by atoms with Gasteiger partial charge >= 0.3 is 18.0 Å². The molecule has 2 aromatic rings. The van der Waals surface area contributed by atoms with E-state index >= 15 is 0 Å². The van der Waals surface area contributed by atoms with Crippen molar-refractivity contribution in [3.8, 4) is 5.75 Å². The number of nitrogens with zero attached hydrogens (tertiary/aromatic N) is 1. The molecular weight excluding hydrogens is 429 g/mol. The zero-order valence-corrected chi connectivity index (χ0v) is 16.6. The van der Waals surface area contributed by atoms with Gasteiger partial charge in [-0.2, -0.15) is 18.3 Å². The first-order valence-electron chi connectivity index (χ1n) is 9.11. The molecule has 0 fully saturated rings. The number of alkyl halides is 3. The summed E-state index contributed by atoms with van der Waals surface area (Å²) in [4.78, 5) is 34.7. The Morgan fingerprint density at radius 2 is 1.78 bits per heavy atom. The second kappa shape index (κ2) is 11.3. The molecule has 0 bridgehead atoms. The van der Waals surface area contributed by atoms with Crippen LogP contribution in [0.3, 0.4) is 0 Å². The van der Waals surface area contributed by atoms with Crippen LogP contribution in [0.25, 0.3) is 0 Å². The number of nitrogens with one attached hydrogen (secondary N) is 3. The van der Waals surface area contributed by atoms with Crippen LogP contribution in [0, 0.1) is 0 Å². The minimum absolute atomic E-state index is 0.000190. The molecule has 0 saturated heterocycles. The van der Waals surface area contributed by atoms with Crippen LogP contribution < -0.4 is 20.8 Å². The molecule has 11 heteroatoms. The zero-order valence-electron chi connectivity index (χ0n) is 16.6. The van der Waals surface area contributed by atoms with Crippen molar-refractivity contribution in [2.75, 3.05) is 18.5 Å². The third-order valence-electron chi connectivity index (χ3n) is 3.72. The van der Waals surface area contributed by atoms with E-state index in [4.69, 9.17) is 4.74 Å². The number of hydrogen-bond donors (Lipinski definition) is 3. The summed E-state index contributed by atoms with van der Waals surface area (Å²) in [5.41, 5.74) is 1.75. The number of rotatable bonds is 8. The number of anilines is 1. The van der Waals surface area contributed by atoms with E-state index in [0.717, 1.165) is 12.1 Å². The summed E-state index contributed by atoms with van der Waals surface area (Å²) in [6, 6.07) is 10.5. The molecule has 0 aliphatic rings. The largest absolute Gasteiger partial charge is 0.484 e. The van der Waals surface area contributed by atoms with Gasteiger partial charge < -0.3 is 15.4 Å². The van der Waals surface area contributed by atoms with Gasteiger partial charge in [0.25, 0.3) is 5.91 Å². The first-order valence-corrected chi connectivity index (χ1v) is 9.11. The summed E-state index contributed by atoms with van der Waals surface area (Å²) >= 11 is 0. The molecule has 2 rings (SSSR count). The summed E-state index contributed by atoms with van der Waals surface area (Å²) in [6.45, 7) is 3.14. The highest BCUT2D eigenvalue weighted by Gasteiger charge is 2.30. The fourth-order valence-electron chi connectivity index (χ4n) is 2.23. The van der Waals surface area contributed by atoms with E-state index in [1.165, 1.54) is 36.6 Å². The Morgan fingerprint density at radius 3 is 2.44 bits per heavy atom. The molecule has 8 nitrogen and oxygen atoms in total. The molecule has 0 atom stereocenters. The van der Waals surface area contributed by atoms with Gasteiger partial charge in [0.1, 0.15) is 5.75 Å². The number of carbonyl (C=O) groups excluding carboxylic acids is 3. The lowest BCUT2D eigenvalue weighted by Gasteiger charge is -2.10. The molecule has 3 amide bonds. The number of hydrazone groups is 1. The lowest BCUT2D eigenvalue weighted by Crippen LogP contribution is -2.37. The Hall–Kier alpha value is -4.15. The van der Waals surface area contributed by atoms with Crippen LogP contribution in [0.2, 0.25) is 0 Å². The summed E-state index contributed by atoms with van der Waals surface area (Å²) < 4.78 is 43.4. The predicted molar refractivity (Wildman–Crippen MR) is 111 cm³/mol. The molecule has 3 N–H and O–H groups in total. The summed E-state index contributed by atoms with van der Waals surface area (Å²) in [5, 5.41) is 8.28. The zero-order chi connectivity index (χ0) is 23.6. The molecule has 0 unspecified atom stereocenters. The minimum atomic E-state index is -4.51. The topological polar surface area (TPSA) is 109 Å². The summed E-state index contributed by atoms with van der Waals surface area (Å²) in [5.74, 6) is -2.09. The summed E-state index contributed by atoms with van der Waals surface area (Å²) in [7, 11) is 0. The first kappa shape index (κ1) is 24.1. The maximum atomic E-state index is 12.7. The Labute approximate surface area is 181 Å². The highest BCUT2D eigenvalue weighted by Crippen LogP contribution is 2.30. The van der Waals surface area contributed by atoms with E-state index in [2.05, 4.69) is 27.7 Å². The average molecular weight is 448 g/mol. The van der Waals surface area contributed by atoms with Crippen LogP contribution in [-0.4, -0.2) is 37.1 Å². The van der Waals surface area contributed by atoms with Crippen molar-refractivity contribution in [2.24, 2.45) is 5.10 Å². The van der Waals surface area contributed by atoms with Crippen LogP contribution in [-0.2, 0) is 20.6 Å². The number of carbonyl (C=O) groups is 3. The van der Waals surface area contributed by atoms with Gasteiger partial charge in [0.2, 0.25) is 0 Å². The third-order valence-corrected chi connectivity index (χ3v) is 3.72. The first-order chi connectivity index (χ1) is 15.2. The minimum Gasteiger partial charge on any atom is -0.484 e. The SMILES string of the molecule is C=CCNC(=O)C(=O)N/N=C\c1ccc(OCC(=O)Nc2cccc(C(F)(F)F)c2)cc1. The third kappa shape index (κ3) is 7.94. The van der Waals surface area contributed by atoms with Crippen molar-refractivity contribution in [3.05, 3.63) is 72.3 Å². The van der Waals surface area contributed by atoms with Crippen LogP contribution in [0.15, 0.2) is 66.3 Å². The standard InChI is InChI=1S/C21H19F3N4O4/c1-2-10-25-19(30)20(31)28-26-12-14-6-8-17(9-7-14)32-13-18(29)27-16-5-3-4-15(11-16)21(22,23)24/h2-9,11-12H,1,10,13H2,(H,25,30)(H,27,29)(H,28,31)/b26-12-. The normalized spacial score (nSPS) is 11.0. The molecule has 2 aromatic carbocycles. The number of amides is 3. The Morgan fingerprint density at radius 1 is 1.06 bits per heavy atom. The molecule has 0 saturated carbocycles. The monoisotopic (exact) mass is 448 g/mol. The highest BCUT2D eigenvalue weighted by molar-refractivity contribution is 6.35. The van der Waals surface area contributed by atoms with Gasteiger partial charge in [-0.15, -0.1) is 6.58 Å². The van der Waals surface area contributed by atoms with Crippen molar-refractivity contribution in [2.45, 2.75) is 6.18 Å². The Bertz CT molecular complexity index is 1000. The molecule has 0 aromatic heterocycles. The molecule has 168 valence electrons. The molecule has 0 spiro atoms. The van der Waals surface area contributed by atoms with E-state index in [1.54, 1.807) is 12.1 Å². The highest BCUT2D eigenvalue weighted by atomic mass is 19.4. The summed E-state index contributed by atoms with van der Waals surface area (Å²) in [6.07, 6.45) is -1.79. The van der Waals surface area contributed by atoms with Crippen molar-refractivity contribution in [1.29, 1.82) is 0 Å². The van der Waals surface area contributed by atoms with E-state index in [9.17, 15) is 27.6 Å². The van der Waals surface area contributed by atoms with Gasteiger partial charge in [0.05, 0.1) is 11.8 Å². The number of ether oxygens (including phenoxy) is 1. The maximum absolute atomic E-state index is 12.7. The van der Waals surface area contributed by atoms with Crippen LogP contribution >= 0.6 is 0 Å². The van der Waals surface area contributed by atoms with Crippen LogP contribution in [0.5, 0.6) is 5.75 Å². The fraction of sp³-hybridized carbons (Fsp3) is 0.143. The second-order valence-electron chi connectivity index (χ2n) is 6.18. The smallest absolute Gasteiger partial charge is 0.416 e. The lowest BCUT2D eigenvalue weighted by atomic mass is 10.2. The number of hydrogen-bond acceptors (Lipinski definition) is 5. The second-order valence-corrected chi connectivity index (χ2v) is 6.18. The molecule has 0 radical (unpaired) electrons. The fourth-order valence-corrected chi connectivity index (χ4v) is 2.23. The quantitative estimate of drug-likeness (QED) is 0.250. The lowest BCUT2D eigenvalue weighted by molar-refractivity contribution is -0.139. The number of benzene rings is 2. The van der Waals surface area contributed by atoms with E-state index in [-0.39, 0.29) is 12.2 Å². The molecular formula is C21H19F3N4O4. The van der Waals surface area contributed by atoms with Crippen molar-refractivity contribution in [3.63, 3.8) is 0 Å². The molecule has 0 heterocycles. The average Bonchev–Trinajstić information content (AvgIpc) is 2.76. The van der Waals surface area contributed by atoms with Gasteiger partial charge in [-0.25, -0.2) is 5.43 Å². The van der Waals surface area contributed by atoms with Crippen LogP contribution in [0.4, 0.5) is 18.9 Å². The van der Waals surface area contributed by atoms with Crippen LogP contribution in [0.1, 0.15) is 11.1 Å². The van der Waals surface area contributed by atoms with Crippen molar-refractivity contribution < 1.29 is 32.3 Å². The van der Waals surface area contributed by atoms with Gasteiger partial charge in [-0.3, -0.25) is 14.4 Å². The Balaban J connectivity index is 1.81. The Kier molecular flexibility index (Phi) is 8.52. The van der Waals surface area contributed by atoms with Crippen molar-refractivity contribution >= 4 is 29.6 Å². The van der Waals surface area contributed by atoms with Crippen molar-refractivity contribution in [1.82, 2.24) is 10.7 Å². The van der Waals surface area contributed by atoms with E-state index < -0.39 is 36.1 Å². The number of halogens is 3. The van der Waals surface area contributed by atoms with Gasteiger partial charge in [-0.1, -0.05) is 12.1 Å². The molecule has 32 heavy (non-hydrogen) atoms. The van der Waals surface area contributed by atoms with E-state index in [0.29, 0.717) is 11.3 Å². The van der Waals surface area contributed by atoms with E-state index in [1.807, 2.05) is 0 Å². The maximum Gasteiger partial charge on any atom is 0.416 e. The van der Waals surface area contributed by atoms with Gasteiger partial charge in [0, 0.05) is 12.2 Å². The predicted octanol–water partition coefficient (Wildman–Crippen LogP) is 2.48.